The number of rotatable bonds is 6. The molecule has 2 bridgehead atoms. The zero-order valence-electron chi connectivity index (χ0n) is 21.1. The first-order chi connectivity index (χ1) is 19.4. The molecule has 3 fully saturated rings. The van der Waals surface area contributed by atoms with E-state index >= 15 is 4.39 Å². The third-order valence-electron chi connectivity index (χ3n) is 8.31. The van der Waals surface area contributed by atoms with Crippen LogP contribution in [0.1, 0.15) is 42.2 Å². The van der Waals surface area contributed by atoms with Gasteiger partial charge in [-0.2, -0.15) is 5.10 Å². The molecular weight excluding hydrogens is 537 g/mol. The lowest BCUT2D eigenvalue weighted by Gasteiger charge is -2.47. The summed E-state index contributed by atoms with van der Waals surface area (Å²) in [5.41, 5.74) is 1.34. The van der Waals surface area contributed by atoms with Crippen molar-refractivity contribution in [2.24, 2.45) is 17.8 Å². The highest BCUT2D eigenvalue weighted by Gasteiger charge is 2.48. The number of ketones is 1. The number of carbonyl (C=O) groups is 2. The molecule has 0 amide bonds. The quantitative estimate of drug-likeness (QED) is 0.289. The number of hydrogen-bond acceptors (Lipinski definition) is 7. The van der Waals surface area contributed by atoms with Crippen molar-refractivity contribution in [2.75, 3.05) is 0 Å². The zero-order valence-corrected chi connectivity index (χ0v) is 21.9. The molecule has 1 N–H and O–H groups in total. The molecule has 0 aliphatic heterocycles. The molecule has 0 unspecified atom stereocenters. The fourth-order valence-corrected chi connectivity index (χ4v) is 6.71. The van der Waals surface area contributed by atoms with Crippen molar-refractivity contribution in [1.82, 2.24) is 34.3 Å². The van der Waals surface area contributed by atoms with Crippen LogP contribution in [0.3, 0.4) is 0 Å². The van der Waals surface area contributed by atoms with Crippen molar-refractivity contribution in [2.45, 2.75) is 38.3 Å². The van der Waals surface area contributed by atoms with E-state index in [4.69, 9.17) is 16.6 Å². The number of carbonyl (C=O) groups excluding carboxylic acids is 1. The number of pyridine rings is 2. The molecule has 3 aliphatic rings. The van der Waals surface area contributed by atoms with Crippen molar-refractivity contribution in [3.05, 3.63) is 65.6 Å². The van der Waals surface area contributed by atoms with Crippen LogP contribution in [0, 0.1) is 23.6 Å². The van der Waals surface area contributed by atoms with Gasteiger partial charge in [0.15, 0.2) is 17.3 Å². The summed E-state index contributed by atoms with van der Waals surface area (Å²) in [6.07, 6.45) is 9.30. The Morgan fingerprint density at radius 1 is 1.02 bits per heavy atom. The Kier molecular flexibility index (Phi) is 5.85. The molecule has 0 aromatic carbocycles. The maximum absolute atomic E-state index is 15.1. The molecule has 0 saturated heterocycles. The van der Waals surface area contributed by atoms with Gasteiger partial charge in [0.05, 0.1) is 27.8 Å². The van der Waals surface area contributed by atoms with Gasteiger partial charge in [-0.1, -0.05) is 17.7 Å². The van der Waals surface area contributed by atoms with Crippen molar-refractivity contribution in [3.8, 4) is 11.5 Å². The number of carboxylic acid groups (broad SMARTS) is 1. The van der Waals surface area contributed by atoms with Gasteiger partial charge in [0.1, 0.15) is 23.6 Å². The van der Waals surface area contributed by atoms with Gasteiger partial charge in [0.25, 0.3) is 0 Å². The molecule has 5 aromatic heterocycles. The third-order valence-corrected chi connectivity index (χ3v) is 8.52. The lowest BCUT2D eigenvalue weighted by atomic mass is 9.61. The molecule has 8 rings (SSSR count). The molecule has 5 aromatic rings. The van der Waals surface area contributed by atoms with Crippen LogP contribution in [0.2, 0.25) is 5.02 Å². The Morgan fingerprint density at radius 2 is 1.82 bits per heavy atom. The predicted octanol–water partition coefficient (Wildman–Crippen LogP) is 4.98. The number of carboxylic acids is 1. The third kappa shape index (κ3) is 3.95. The number of Topliss-reactive ketones (excluding diaryl/α,β-unsaturated/α-hetero) is 1. The van der Waals surface area contributed by atoms with Gasteiger partial charge in [-0.3, -0.25) is 14.6 Å². The Hall–Kier alpha value is -4.25. The standard InChI is InChI=1S/C28H23ClFN7O3/c29-16-9-17-23(35-37(26(17)33-10-16)13-21(38)20-3-1-2-8-31-20)25-32-11-18-19(30)12-36(27(18)34-25)24-15-6-4-14(5-7-15)22(24)28(39)40/h1-3,8-12,14-15,22,24H,4-7,13H2,(H,39,40)/t14?,15?,22-,24-/m0/s1. The van der Waals surface area contributed by atoms with Gasteiger partial charge < -0.3 is 9.67 Å². The van der Waals surface area contributed by atoms with Crippen LogP contribution in [0.25, 0.3) is 33.6 Å². The molecule has 10 nitrogen and oxygen atoms in total. The molecule has 12 heteroatoms. The first kappa shape index (κ1) is 24.8. The van der Waals surface area contributed by atoms with E-state index in [0.717, 1.165) is 25.7 Å². The summed E-state index contributed by atoms with van der Waals surface area (Å²) in [4.78, 5) is 42.9. The van der Waals surface area contributed by atoms with E-state index in [1.54, 1.807) is 35.0 Å². The van der Waals surface area contributed by atoms with E-state index < -0.39 is 23.7 Å². The highest BCUT2D eigenvalue weighted by molar-refractivity contribution is 6.31. The lowest BCUT2D eigenvalue weighted by Crippen LogP contribution is -2.44. The minimum Gasteiger partial charge on any atom is -0.481 e. The first-order valence-electron chi connectivity index (χ1n) is 13.1. The normalized spacial score (nSPS) is 22.2. The number of hydrogen-bond donors (Lipinski definition) is 1. The second-order valence-corrected chi connectivity index (χ2v) is 11.0. The van der Waals surface area contributed by atoms with Crippen LogP contribution in [0.15, 0.2) is 49.1 Å². The van der Waals surface area contributed by atoms with Crippen molar-refractivity contribution in [3.63, 3.8) is 0 Å². The molecule has 40 heavy (non-hydrogen) atoms. The topological polar surface area (TPSA) is 129 Å². The van der Waals surface area contributed by atoms with Crippen LogP contribution >= 0.6 is 11.6 Å². The lowest BCUT2D eigenvalue weighted by molar-refractivity contribution is -0.151. The second kappa shape index (κ2) is 9.44. The summed E-state index contributed by atoms with van der Waals surface area (Å²) in [5.74, 6) is -1.86. The molecule has 0 radical (unpaired) electrons. The number of nitrogens with zero attached hydrogens (tertiary/aromatic N) is 7. The predicted molar refractivity (Wildman–Crippen MR) is 143 cm³/mol. The summed E-state index contributed by atoms with van der Waals surface area (Å²) in [6.45, 7) is -0.124. The SMILES string of the molecule is O=C(Cn1nc(-c2ncc3c(F)cn([C@H]4C5CCC(CC5)[C@@H]4C(=O)O)c3n2)c2cc(Cl)cnc21)c1ccccn1. The Morgan fingerprint density at radius 3 is 2.58 bits per heavy atom. The summed E-state index contributed by atoms with van der Waals surface area (Å²) in [5, 5.41) is 15.8. The van der Waals surface area contributed by atoms with E-state index in [9.17, 15) is 14.7 Å². The van der Waals surface area contributed by atoms with Crippen molar-refractivity contribution >= 4 is 45.4 Å². The maximum atomic E-state index is 15.1. The van der Waals surface area contributed by atoms with Gasteiger partial charge in [0, 0.05) is 24.8 Å². The van der Waals surface area contributed by atoms with Gasteiger partial charge in [-0.25, -0.2) is 24.0 Å². The highest BCUT2D eigenvalue weighted by Crippen LogP contribution is 2.52. The molecule has 5 heterocycles. The highest BCUT2D eigenvalue weighted by atomic mass is 35.5. The van der Waals surface area contributed by atoms with Gasteiger partial charge in [-0.15, -0.1) is 0 Å². The minimum atomic E-state index is -0.862. The largest absolute Gasteiger partial charge is 0.481 e. The molecule has 0 spiro atoms. The van der Waals surface area contributed by atoms with Crippen LogP contribution in [-0.2, 0) is 11.3 Å². The van der Waals surface area contributed by atoms with Gasteiger partial charge in [0.2, 0.25) is 5.78 Å². The summed E-state index contributed by atoms with van der Waals surface area (Å²) in [6, 6.07) is 6.35. The van der Waals surface area contributed by atoms with Crippen LogP contribution < -0.4 is 0 Å². The minimum absolute atomic E-state index is 0.0545. The average Bonchev–Trinajstić information content (AvgIpc) is 3.49. The number of fused-ring (bicyclic) bond motifs is 5. The fourth-order valence-electron chi connectivity index (χ4n) is 6.55. The van der Waals surface area contributed by atoms with E-state index in [1.165, 1.54) is 23.3 Å². The van der Waals surface area contributed by atoms with Gasteiger partial charge in [-0.05, 0) is 55.7 Å². The fraction of sp³-hybridized carbons (Fsp3) is 0.321. The molecule has 3 aliphatic carbocycles. The summed E-state index contributed by atoms with van der Waals surface area (Å²) < 4.78 is 18.3. The van der Waals surface area contributed by atoms with E-state index in [-0.39, 0.29) is 35.4 Å². The number of aromatic nitrogens is 7. The van der Waals surface area contributed by atoms with E-state index in [1.807, 2.05) is 0 Å². The monoisotopic (exact) mass is 559 g/mol. The molecule has 3 saturated carbocycles. The summed E-state index contributed by atoms with van der Waals surface area (Å²) in [7, 11) is 0. The van der Waals surface area contributed by atoms with Crippen LogP contribution in [0.5, 0.6) is 0 Å². The summed E-state index contributed by atoms with van der Waals surface area (Å²) >= 11 is 6.27. The Labute approximate surface area is 231 Å². The average molecular weight is 560 g/mol. The smallest absolute Gasteiger partial charge is 0.308 e. The Bertz CT molecular complexity index is 1800. The molecular formula is C28H23ClFN7O3. The van der Waals surface area contributed by atoms with E-state index in [2.05, 4.69) is 20.1 Å². The van der Waals surface area contributed by atoms with E-state index in [0.29, 0.717) is 33.1 Å². The first-order valence-corrected chi connectivity index (χ1v) is 13.5. The Balaban J connectivity index is 1.35. The second-order valence-electron chi connectivity index (χ2n) is 10.5. The molecule has 202 valence electrons. The molecule has 2 atom stereocenters. The van der Waals surface area contributed by atoms with Crippen molar-refractivity contribution < 1.29 is 19.1 Å². The zero-order chi connectivity index (χ0) is 27.5. The van der Waals surface area contributed by atoms with Crippen LogP contribution in [-0.4, -0.2) is 51.1 Å². The van der Waals surface area contributed by atoms with Crippen LogP contribution in [0.4, 0.5) is 4.39 Å². The number of halogens is 2. The van der Waals surface area contributed by atoms with Gasteiger partial charge >= 0.3 is 5.97 Å². The van der Waals surface area contributed by atoms with Crippen molar-refractivity contribution in [1.29, 1.82) is 0 Å². The number of aliphatic carboxylic acids is 1. The maximum Gasteiger partial charge on any atom is 0.308 e.